The molecule has 4 rings (SSSR count). The maximum absolute atomic E-state index is 12.7. The molecule has 3 aromatic rings. The van der Waals surface area contributed by atoms with Gasteiger partial charge in [-0.15, -0.1) is 10.2 Å². The summed E-state index contributed by atoms with van der Waals surface area (Å²) < 4.78 is 4.05. The van der Waals surface area contributed by atoms with E-state index in [9.17, 15) is 4.79 Å². The van der Waals surface area contributed by atoms with E-state index in [0.717, 1.165) is 44.0 Å². The van der Waals surface area contributed by atoms with E-state index in [-0.39, 0.29) is 11.8 Å². The lowest BCUT2D eigenvalue weighted by Gasteiger charge is -2.32. The molecule has 0 spiro atoms. The lowest BCUT2D eigenvalue weighted by Crippen LogP contribution is -2.39. The number of rotatable bonds is 6. The van der Waals surface area contributed by atoms with Gasteiger partial charge in [-0.05, 0) is 24.8 Å². The van der Waals surface area contributed by atoms with Crippen LogP contribution >= 0.6 is 0 Å². The number of nitrogens with zero attached hydrogens (tertiary/aromatic N) is 6. The highest BCUT2D eigenvalue weighted by atomic mass is 16.2. The molecule has 1 unspecified atom stereocenters. The highest BCUT2D eigenvalue weighted by Gasteiger charge is 2.28. The van der Waals surface area contributed by atoms with Crippen LogP contribution < -0.4 is 0 Å². The lowest BCUT2D eigenvalue weighted by molar-refractivity contribution is -0.132. The van der Waals surface area contributed by atoms with Gasteiger partial charge in [-0.3, -0.25) is 4.79 Å². The zero-order valence-electron chi connectivity index (χ0n) is 16.2. The van der Waals surface area contributed by atoms with Crippen molar-refractivity contribution in [2.24, 2.45) is 7.05 Å². The summed E-state index contributed by atoms with van der Waals surface area (Å²) >= 11 is 0. The largest absolute Gasteiger partial charge is 0.342 e. The molecule has 1 aromatic carbocycles. The smallest absolute Gasteiger partial charge is 0.222 e. The van der Waals surface area contributed by atoms with E-state index in [4.69, 9.17) is 0 Å². The minimum atomic E-state index is 0.231. The van der Waals surface area contributed by atoms with Crippen molar-refractivity contribution in [2.75, 3.05) is 13.1 Å². The number of hydrogen-bond donors (Lipinski definition) is 0. The Bertz CT molecular complexity index is 902. The molecule has 0 aliphatic carbocycles. The van der Waals surface area contributed by atoms with E-state index < -0.39 is 0 Å². The van der Waals surface area contributed by atoms with Crippen LogP contribution in [0.1, 0.15) is 42.4 Å². The van der Waals surface area contributed by atoms with Crippen molar-refractivity contribution in [3.05, 3.63) is 66.3 Å². The van der Waals surface area contributed by atoms with Gasteiger partial charge in [-0.2, -0.15) is 0 Å². The molecule has 1 amide bonds. The summed E-state index contributed by atoms with van der Waals surface area (Å²) in [4.78, 5) is 18.8. The summed E-state index contributed by atoms with van der Waals surface area (Å²) in [5.41, 5.74) is 1.21. The third kappa shape index (κ3) is 4.13. The number of carbonyl (C=O) groups is 1. The van der Waals surface area contributed by atoms with E-state index in [1.165, 1.54) is 5.56 Å². The zero-order chi connectivity index (χ0) is 19.3. The highest BCUT2D eigenvalue weighted by molar-refractivity contribution is 5.76. The number of piperidine rings is 1. The summed E-state index contributed by atoms with van der Waals surface area (Å²) in [6.07, 6.45) is 8.85. The van der Waals surface area contributed by atoms with Crippen molar-refractivity contribution >= 4 is 5.91 Å². The van der Waals surface area contributed by atoms with Gasteiger partial charge in [0.15, 0.2) is 5.82 Å². The maximum Gasteiger partial charge on any atom is 0.222 e. The fourth-order valence-electron chi connectivity index (χ4n) is 3.88. The maximum atomic E-state index is 12.7. The summed E-state index contributed by atoms with van der Waals surface area (Å²) in [5, 5.41) is 8.82. The average Bonchev–Trinajstić information content (AvgIpc) is 3.38. The molecule has 28 heavy (non-hydrogen) atoms. The minimum Gasteiger partial charge on any atom is -0.342 e. The number of aromatic nitrogens is 5. The molecule has 7 nitrogen and oxygen atoms in total. The minimum absolute atomic E-state index is 0.231. The van der Waals surface area contributed by atoms with E-state index in [1.807, 2.05) is 40.9 Å². The summed E-state index contributed by atoms with van der Waals surface area (Å²) in [6, 6.07) is 10.2. The first-order chi connectivity index (χ1) is 13.7. The van der Waals surface area contributed by atoms with Crippen LogP contribution in [0.2, 0.25) is 0 Å². The van der Waals surface area contributed by atoms with E-state index >= 15 is 0 Å². The van der Waals surface area contributed by atoms with Gasteiger partial charge < -0.3 is 14.0 Å². The molecule has 1 aliphatic rings. The third-order valence-corrected chi connectivity index (χ3v) is 5.49. The Labute approximate surface area is 165 Å². The second-order valence-corrected chi connectivity index (χ2v) is 7.43. The SMILES string of the molecule is Cn1c(Cn2ccnc2)nnc1C1CCCN(C(=O)CCc2ccccc2)C1. The van der Waals surface area contributed by atoms with Crippen molar-refractivity contribution in [3.63, 3.8) is 0 Å². The normalized spacial score (nSPS) is 17.0. The molecular weight excluding hydrogens is 352 g/mol. The molecule has 7 heteroatoms. The van der Waals surface area contributed by atoms with E-state index in [0.29, 0.717) is 13.0 Å². The predicted octanol–water partition coefficient (Wildman–Crippen LogP) is 2.40. The Hall–Kier alpha value is -2.96. The molecule has 0 N–H and O–H groups in total. The number of likely N-dealkylation sites (tertiary alicyclic amines) is 1. The van der Waals surface area contributed by atoms with Gasteiger partial charge in [0.1, 0.15) is 5.82 Å². The molecule has 1 saturated heterocycles. The first kappa shape index (κ1) is 18.4. The van der Waals surface area contributed by atoms with Crippen LogP contribution in [0.4, 0.5) is 0 Å². The van der Waals surface area contributed by atoms with Crippen LogP contribution in [-0.4, -0.2) is 48.2 Å². The van der Waals surface area contributed by atoms with Gasteiger partial charge in [0.05, 0.1) is 12.9 Å². The van der Waals surface area contributed by atoms with Crippen molar-refractivity contribution in [2.45, 2.75) is 38.1 Å². The van der Waals surface area contributed by atoms with Crippen LogP contribution in [0.3, 0.4) is 0 Å². The molecule has 1 atom stereocenters. The number of amides is 1. The lowest BCUT2D eigenvalue weighted by atomic mass is 9.96. The van der Waals surface area contributed by atoms with Crippen LogP contribution in [-0.2, 0) is 24.8 Å². The van der Waals surface area contributed by atoms with Crippen molar-refractivity contribution in [1.29, 1.82) is 0 Å². The topological polar surface area (TPSA) is 68.8 Å². The van der Waals surface area contributed by atoms with Crippen LogP contribution in [0, 0.1) is 0 Å². The number of carbonyl (C=O) groups excluding carboxylic acids is 1. The monoisotopic (exact) mass is 378 g/mol. The van der Waals surface area contributed by atoms with Crippen LogP contribution in [0.15, 0.2) is 49.1 Å². The molecule has 3 heterocycles. The quantitative estimate of drug-likeness (QED) is 0.660. The zero-order valence-corrected chi connectivity index (χ0v) is 16.2. The predicted molar refractivity (Wildman–Crippen MR) is 106 cm³/mol. The highest BCUT2D eigenvalue weighted by Crippen LogP contribution is 2.26. The van der Waals surface area contributed by atoms with Gasteiger partial charge in [-0.1, -0.05) is 30.3 Å². The molecule has 1 aliphatic heterocycles. The van der Waals surface area contributed by atoms with Crippen LogP contribution in [0.5, 0.6) is 0 Å². The number of hydrogen-bond acceptors (Lipinski definition) is 4. The summed E-state index contributed by atoms with van der Waals surface area (Å²) in [6.45, 7) is 2.21. The summed E-state index contributed by atoms with van der Waals surface area (Å²) in [5.74, 6) is 2.34. The van der Waals surface area contributed by atoms with Crippen molar-refractivity contribution in [3.8, 4) is 0 Å². The molecule has 1 fully saturated rings. The van der Waals surface area contributed by atoms with Crippen molar-refractivity contribution in [1.82, 2.24) is 29.2 Å². The number of imidazole rings is 1. The standard InChI is InChI=1S/C21H26N6O/c1-25-19(15-26-13-11-22-16-26)23-24-21(25)18-8-5-12-27(14-18)20(28)10-9-17-6-3-2-4-7-17/h2-4,6-7,11,13,16,18H,5,8-10,12,14-15H2,1H3. The second kappa shape index (κ2) is 8.37. The number of aryl methyl sites for hydroxylation is 1. The first-order valence-electron chi connectivity index (χ1n) is 9.86. The Morgan fingerprint density at radius 3 is 2.86 bits per heavy atom. The fourth-order valence-corrected chi connectivity index (χ4v) is 3.88. The first-order valence-corrected chi connectivity index (χ1v) is 9.86. The Kier molecular flexibility index (Phi) is 5.50. The van der Waals surface area contributed by atoms with Crippen LogP contribution in [0.25, 0.3) is 0 Å². The third-order valence-electron chi connectivity index (χ3n) is 5.49. The number of benzene rings is 1. The molecule has 2 aromatic heterocycles. The molecule has 0 saturated carbocycles. The van der Waals surface area contributed by atoms with E-state index in [2.05, 4.69) is 31.9 Å². The average molecular weight is 378 g/mol. The van der Waals surface area contributed by atoms with Gasteiger partial charge in [-0.25, -0.2) is 4.98 Å². The Balaban J connectivity index is 1.38. The Morgan fingerprint density at radius 2 is 2.07 bits per heavy atom. The van der Waals surface area contributed by atoms with Crippen molar-refractivity contribution < 1.29 is 4.79 Å². The van der Waals surface area contributed by atoms with Gasteiger partial charge >= 0.3 is 0 Å². The van der Waals surface area contributed by atoms with Gasteiger partial charge in [0, 0.05) is 44.9 Å². The molecule has 146 valence electrons. The van der Waals surface area contributed by atoms with Gasteiger partial charge in [0.25, 0.3) is 0 Å². The molecule has 0 radical (unpaired) electrons. The van der Waals surface area contributed by atoms with E-state index in [1.54, 1.807) is 12.5 Å². The van der Waals surface area contributed by atoms with Gasteiger partial charge in [0.2, 0.25) is 5.91 Å². The summed E-state index contributed by atoms with van der Waals surface area (Å²) in [7, 11) is 2.01. The molecular formula is C21H26N6O. The second-order valence-electron chi connectivity index (χ2n) is 7.43. The fraction of sp³-hybridized carbons (Fsp3) is 0.429. The Morgan fingerprint density at radius 1 is 1.21 bits per heavy atom. The molecule has 0 bridgehead atoms.